The second kappa shape index (κ2) is 7.51. The second-order valence-electron chi connectivity index (χ2n) is 6.28. The van der Waals surface area contributed by atoms with Crippen molar-refractivity contribution in [3.8, 4) is 0 Å². The van der Waals surface area contributed by atoms with E-state index in [-0.39, 0.29) is 24.3 Å². The fourth-order valence-corrected chi connectivity index (χ4v) is 4.26. The summed E-state index contributed by atoms with van der Waals surface area (Å²) in [6.45, 7) is 1.87. The number of nitrogens with two attached hydrogens (primary N) is 2. The van der Waals surface area contributed by atoms with Crippen LogP contribution >= 0.6 is 12.4 Å². The van der Waals surface area contributed by atoms with Crippen molar-refractivity contribution in [1.82, 2.24) is 3.97 Å². The number of aryl methyl sites for hydroxylation is 1. The van der Waals surface area contributed by atoms with E-state index in [1.54, 1.807) is 6.20 Å². The third-order valence-electron chi connectivity index (χ3n) is 4.34. The lowest BCUT2D eigenvalue weighted by Gasteiger charge is -2.25. The van der Waals surface area contributed by atoms with E-state index < -0.39 is 10.0 Å². The minimum Gasteiger partial charge on any atom is -0.369 e. The Morgan fingerprint density at radius 3 is 2.42 bits per heavy atom. The number of guanidine groups is 1. The SMILES string of the molecule is Cc1cn(S(C)(=O)=O)c2c1/C(=N/N=C(N)N)CC(c1ccccc1)C2.Cl. The number of halogens is 1. The van der Waals surface area contributed by atoms with Crippen molar-refractivity contribution in [3.63, 3.8) is 0 Å². The van der Waals surface area contributed by atoms with Crippen molar-refractivity contribution >= 4 is 34.1 Å². The molecule has 1 aliphatic carbocycles. The van der Waals surface area contributed by atoms with Crippen LogP contribution in [-0.4, -0.2) is 30.3 Å². The van der Waals surface area contributed by atoms with Crippen LogP contribution in [0.3, 0.4) is 0 Å². The molecule has 26 heavy (non-hydrogen) atoms. The Hall–Kier alpha value is -2.32. The lowest BCUT2D eigenvalue weighted by molar-refractivity contribution is 0.587. The van der Waals surface area contributed by atoms with Gasteiger partial charge in [0.2, 0.25) is 16.0 Å². The number of aromatic nitrogens is 1. The van der Waals surface area contributed by atoms with E-state index >= 15 is 0 Å². The molecule has 1 aromatic heterocycles. The fourth-order valence-electron chi connectivity index (χ4n) is 3.35. The predicted molar refractivity (Wildman–Crippen MR) is 107 cm³/mol. The van der Waals surface area contributed by atoms with Crippen LogP contribution in [0, 0.1) is 6.92 Å². The normalized spacial score (nSPS) is 18.1. The van der Waals surface area contributed by atoms with E-state index in [0.29, 0.717) is 18.6 Å². The number of benzene rings is 1. The van der Waals surface area contributed by atoms with Crippen molar-refractivity contribution in [2.24, 2.45) is 21.7 Å². The summed E-state index contributed by atoms with van der Waals surface area (Å²) in [5.74, 6) is -0.0208. The largest absolute Gasteiger partial charge is 0.369 e. The number of nitrogens with zero attached hydrogens (tertiary/aromatic N) is 3. The van der Waals surface area contributed by atoms with Gasteiger partial charge < -0.3 is 11.5 Å². The van der Waals surface area contributed by atoms with Gasteiger partial charge in [-0.05, 0) is 36.8 Å². The molecule has 1 aromatic carbocycles. The number of rotatable bonds is 3. The van der Waals surface area contributed by atoms with E-state index in [0.717, 1.165) is 22.4 Å². The highest BCUT2D eigenvalue weighted by molar-refractivity contribution is 7.89. The van der Waals surface area contributed by atoms with Gasteiger partial charge in [0, 0.05) is 17.5 Å². The minimum absolute atomic E-state index is 0. The quantitative estimate of drug-likeness (QED) is 0.467. The van der Waals surface area contributed by atoms with Gasteiger partial charge in [-0.25, -0.2) is 12.4 Å². The van der Waals surface area contributed by atoms with Crippen molar-refractivity contribution in [2.45, 2.75) is 25.7 Å². The molecule has 0 saturated carbocycles. The van der Waals surface area contributed by atoms with Crippen LogP contribution in [0.25, 0.3) is 0 Å². The van der Waals surface area contributed by atoms with Gasteiger partial charge in [-0.1, -0.05) is 30.3 Å². The molecule has 0 bridgehead atoms. The molecule has 1 unspecified atom stereocenters. The van der Waals surface area contributed by atoms with Crippen molar-refractivity contribution in [2.75, 3.05) is 6.26 Å². The highest BCUT2D eigenvalue weighted by Gasteiger charge is 2.31. The Kier molecular flexibility index (Phi) is 5.77. The molecule has 1 aliphatic rings. The summed E-state index contributed by atoms with van der Waals surface area (Å²) in [6.07, 6.45) is 4.09. The van der Waals surface area contributed by atoms with E-state index in [2.05, 4.69) is 10.2 Å². The summed E-state index contributed by atoms with van der Waals surface area (Å²) in [6, 6.07) is 9.97. The van der Waals surface area contributed by atoms with Crippen LogP contribution in [0.2, 0.25) is 0 Å². The summed E-state index contributed by atoms with van der Waals surface area (Å²) in [7, 11) is -3.41. The van der Waals surface area contributed by atoms with Gasteiger partial charge in [-0.15, -0.1) is 17.5 Å². The van der Waals surface area contributed by atoms with E-state index in [1.165, 1.54) is 10.2 Å². The zero-order valence-corrected chi connectivity index (χ0v) is 16.2. The first kappa shape index (κ1) is 20.0. The Morgan fingerprint density at radius 1 is 1.19 bits per heavy atom. The molecule has 0 amide bonds. The lowest BCUT2D eigenvalue weighted by atomic mass is 9.81. The number of hydrogen-bond acceptors (Lipinski definition) is 4. The average Bonchev–Trinajstić information content (AvgIpc) is 2.91. The first-order valence-electron chi connectivity index (χ1n) is 7.89. The average molecular weight is 396 g/mol. The Morgan fingerprint density at radius 2 is 1.85 bits per heavy atom. The summed E-state index contributed by atoms with van der Waals surface area (Å²) in [5, 5.41) is 7.99. The Bertz CT molecular complexity index is 961. The van der Waals surface area contributed by atoms with Crippen LogP contribution in [0.4, 0.5) is 0 Å². The van der Waals surface area contributed by atoms with Gasteiger partial charge in [0.15, 0.2) is 0 Å². The second-order valence-corrected chi connectivity index (χ2v) is 8.14. The first-order chi connectivity index (χ1) is 11.8. The van der Waals surface area contributed by atoms with Crippen LogP contribution in [0.5, 0.6) is 0 Å². The van der Waals surface area contributed by atoms with Gasteiger partial charge in [0.25, 0.3) is 0 Å². The summed E-state index contributed by atoms with van der Waals surface area (Å²) < 4.78 is 25.7. The maximum absolute atomic E-state index is 12.2. The standard InChI is InChI=1S/C17H21N5O2S.ClH/c1-11-10-22(25(2,23)24)15-9-13(12-6-4-3-5-7-12)8-14(16(11)15)20-21-17(18)19;/h3-7,10,13H,8-9H2,1-2H3,(H4,18,19,21);1H/b20-14+;. The molecule has 0 saturated heterocycles. The highest BCUT2D eigenvalue weighted by Crippen LogP contribution is 2.36. The van der Waals surface area contributed by atoms with Crippen LogP contribution in [0.1, 0.15) is 34.7 Å². The van der Waals surface area contributed by atoms with Gasteiger partial charge >= 0.3 is 0 Å². The highest BCUT2D eigenvalue weighted by atomic mass is 35.5. The fraction of sp³-hybridized carbons (Fsp3) is 0.294. The molecule has 3 rings (SSSR count). The molecular formula is C17H22ClN5O2S. The van der Waals surface area contributed by atoms with Gasteiger partial charge in [-0.3, -0.25) is 0 Å². The number of fused-ring (bicyclic) bond motifs is 1. The lowest BCUT2D eigenvalue weighted by Crippen LogP contribution is -2.25. The smallest absolute Gasteiger partial charge is 0.235 e. The monoisotopic (exact) mass is 395 g/mol. The van der Waals surface area contributed by atoms with Crippen molar-refractivity contribution in [1.29, 1.82) is 0 Å². The van der Waals surface area contributed by atoms with Crippen LogP contribution < -0.4 is 11.5 Å². The Balaban J connectivity index is 0.00000243. The Labute approximate surface area is 159 Å². The maximum atomic E-state index is 12.2. The zero-order valence-electron chi connectivity index (χ0n) is 14.6. The van der Waals surface area contributed by atoms with Crippen molar-refractivity contribution < 1.29 is 8.42 Å². The molecule has 0 aliphatic heterocycles. The molecule has 9 heteroatoms. The summed E-state index contributed by atoms with van der Waals surface area (Å²) in [5.41, 5.74) is 15.0. The molecular weight excluding hydrogens is 374 g/mol. The van der Waals surface area contributed by atoms with E-state index in [9.17, 15) is 8.42 Å². The molecule has 4 N–H and O–H groups in total. The maximum Gasteiger partial charge on any atom is 0.235 e. The zero-order chi connectivity index (χ0) is 18.2. The van der Waals surface area contributed by atoms with E-state index in [1.807, 2.05) is 37.3 Å². The van der Waals surface area contributed by atoms with Crippen molar-refractivity contribution in [3.05, 3.63) is 58.9 Å². The summed E-state index contributed by atoms with van der Waals surface area (Å²) in [4.78, 5) is 0. The molecule has 1 atom stereocenters. The molecule has 7 nitrogen and oxygen atoms in total. The third kappa shape index (κ3) is 3.91. The molecule has 0 spiro atoms. The summed E-state index contributed by atoms with van der Waals surface area (Å²) >= 11 is 0. The van der Waals surface area contributed by atoms with E-state index in [4.69, 9.17) is 11.5 Å². The third-order valence-corrected chi connectivity index (χ3v) is 5.38. The molecule has 140 valence electrons. The molecule has 0 radical (unpaired) electrons. The topological polar surface area (TPSA) is 116 Å². The molecule has 1 heterocycles. The molecule has 0 fully saturated rings. The van der Waals surface area contributed by atoms with Gasteiger partial charge in [0.05, 0.1) is 12.0 Å². The van der Waals surface area contributed by atoms with Gasteiger partial charge in [0.1, 0.15) is 0 Å². The minimum atomic E-state index is -3.41. The first-order valence-corrected chi connectivity index (χ1v) is 9.74. The predicted octanol–water partition coefficient (Wildman–Crippen LogP) is 1.73. The van der Waals surface area contributed by atoms with Crippen LogP contribution in [-0.2, 0) is 16.4 Å². The molecule has 2 aromatic rings. The van der Waals surface area contributed by atoms with Gasteiger partial charge in [-0.2, -0.15) is 5.10 Å². The van der Waals surface area contributed by atoms with Crippen LogP contribution in [0.15, 0.2) is 46.7 Å². The number of hydrogen-bond donors (Lipinski definition) is 2.